The highest BCUT2D eigenvalue weighted by Crippen LogP contribution is 2.16. The zero-order valence-electron chi connectivity index (χ0n) is 12.9. The van der Waals surface area contributed by atoms with Gasteiger partial charge in [0.1, 0.15) is 5.56 Å². The molecule has 3 rings (SSSR count). The van der Waals surface area contributed by atoms with Gasteiger partial charge in [-0.05, 0) is 19.9 Å². The highest BCUT2D eigenvalue weighted by Gasteiger charge is 2.27. The summed E-state index contributed by atoms with van der Waals surface area (Å²) >= 11 is 0. The van der Waals surface area contributed by atoms with Gasteiger partial charge in [-0.3, -0.25) is 9.69 Å². The second-order valence-corrected chi connectivity index (χ2v) is 5.79. The van der Waals surface area contributed by atoms with Crippen LogP contribution in [0.15, 0.2) is 18.5 Å². The predicted octanol–water partition coefficient (Wildman–Crippen LogP) is 0.176. The van der Waals surface area contributed by atoms with E-state index in [-0.39, 0.29) is 12.0 Å². The van der Waals surface area contributed by atoms with Crippen molar-refractivity contribution < 1.29 is 9.90 Å². The van der Waals surface area contributed by atoms with Crippen LogP contribution in [0.3, 0.4) is 0 Å². The van der Waals surface area contributed by atoms with Gasteiger partial charge in [-0.15, -0.1) is 0 Å². The number of carbonyl (C=O) groups excluding carboxylic acids is 1. The van der Waals surface area contributed by atoms with E-state index in [9.17, 15) is 9.90 Å². The first-order chi connectivity index (χ1) is 10.6. The number of aromatic nitrogens is 3. The molecule has 1 unspecified atom stereocenters. The summed E-state index contributed by atoms with van der Waals surface area (Å²) in [6.45, 7) is 7.16. The van der Waals surface area contributed by atoms with Gasteiger partial charge in [0, 0.05) is 45.1 Å². The Kier molecular flexibility index (Phi) is 4.08. The average Bonchev–Trinajstić information content (AvgIpc) is 2.82. The van der Waals surface area contributed by atoms with Crippen molar-refractivity contribution in [1.29, 1.82) is 0 Å². The molecule has 118 valence electrons. The number of hydrogen-bond donors (Lipinski definition) is 1. The molecule has 0 bridgehead atoms. The van der Waals surface area contributed by atoms with Crippen molar-refractivity contribution in [1.82, 2.24) is 24.4 Å². The Morgan fingerprint density at radius 2 is 2.09 bits per heavy atom. The molecule has 0 radical (unpaired) electrons. The Bertz CT molecular complexity index is 674. The molecule has 0 aliphatic carbocycles. The summed E-state index contributed by atoms with van der Waals surface area (Å²) in [6.07, 6.45) is 3.13. The molecule has 1 aliphatic rings. The quantitative estimate of drug-likeness (QED) is 0.875. The SMILES string of the molecule is Cc1nn2cccnc2c1C(=O)N1CCN(CC(C)O)CC1. The van der Waals surface area contributed by atoms with Crippen molar-refractivity contribution in [2.24, 2.45) is 0 Å². The van der Waals surface area contributed by atoms with Gasteiger partial charge in [-0.25, -0.2) is 9.50 Å². The molecule has 2 aromatic heterocycles. The molecule has 1 aliphatic heterocycles. The number of aliphatic hydroxyl groups is 1. The lowest BCUT2D eigenvalue weighted by atomic mass is 10.2. The van der Waals surface area contributed by atoms with Crippen molar-refractivity contribution in [3.63, 3.8) is 0 Å². The summed E-state index contributed by atoms with van der Waals surface area (Å²) in [5.41, 5.74) is 1.90. The molecule has 1 fully saturated rings. The zero-order chi connectivity index (χ0) is 15.7. The molecule has 0 spiro atoms. The minimum Gasteiger partial charge on any atom is -0.392 e. The molecule has 1 atom stereocenters. The number of hydrogen-bond acceptors (Lipinski definition) is 5. The highest BCUT2D eigenvalue weighted by molar-refractivity contribution is 6.01. The van der Waals surface area contributed by atoms with Gasteiger partial charge in [-0.2, -0.15) is 5.10 Å². The van der Waals surface area contributed by atoms with Crippen molar-refractivity contribution >= 4 is 11.6 Å². The smallest absolute Gasteiger partial charge is 0.259 e. The van der Waals surface area contributed by atoms with E-state index in [4.69, 9.17) is 0 Å². The fourth-order valence-electron chi connectivity index (χ4n) is 2.91. The van der Waals surface area contributed by atoms with Crippen LogP contribution >= 0.6 is 0 Å². The molecule has 22 heavy (non-hydrogen) atoms. The highest BCUT2D eigenvalue weighted by atomic mass is 16.3. The molecular weight excluding hydrogens is 282 g/mol. The van der Waals surface area contributed by atoms with Gasteiger partial charge >= 0.3 is 0 Å². The lowest BCUT2D eigenvalue weighted by Crippen LogP contribution is -2.50. The minimum absolute atomic E-state index is 0.0112. The molecule has 0 aromatic carbocycles. The lowest BCUT2D eigenvalue weighted by molar-refractivity contribution is 0.0555. The second-order valence-electron chi connectivity index (χ2n) is 5.79. The zero-order valence-corrected chi connectivity index (χ0v) is 12.9. The van der Waals surface area contributed by atoms with Crippen LogP contribution in [-0.2, 0) is 0 Å². The number of fused-ring (bicyclic) bond motifs is 1. The van der Waals surface area contributed by atoms with Crippen LogP contribution < -0.4 is 0 Å². The molecule has 2 aromatic rings. The fourth-order valence-corrected chi connectivity index (χ4v) is 2.91. The Morgan fingerprint density at radius 1 is 1.36 bits per heavy atom. The third-order valence-corrected chi connectivity index (χ3v) is 3.97. The Morgan fingerprint density at radius 3 is 2.77 bits per heavy atom. The summed E-state index contributed by atoms with van der Waals surface area (Å²) < 4.78 is 1.65. The molecule has 7 heteroatoms. The van der Waals surface area contributed by atoms with E-state index in [2.05, 4.69) is 15.0 Å². The van der Waals surface area contributed by atoms with E-state index >= 15 is 0 Å². The van der Waals surface area contributed by atoms with E-state index in [1.165, 1.54) is 0 Å². The lowest BCUT2D eigenvalue weighted by Gasteiger charge is -2.35. The molecule has 7 nitrogen and oxygen atoms in total. The maximum Gasteiger partial charge on any atom is 0.259 e. The molecule has 1 amide bonds. The third kappa shape index (κ3) is 2.82. The summed E-state index contributed by atoms with van der Waals surface area (Å²) in [7, 11) is 0. The topological polar surface area (TPSA) is 74.0 Å². The van der Waals surface area contributed by atoms with Crippen LogP contribution in [0.2, 0.25) is 0 Å². The van der Waals surface area contributed by atoms with Crippen LogP contribution in [-0.4, -0.2) is 74.2 Å². The van der Waals surface area contributed by atoms with E-state index in [0.717, 1.165) is 13.1 Å². The molecular formula is C15H21N5O2. The van der Waals surface area contributed by atoms with Crippen LogP contribution in [0.25, 0.3) is 5.65 Å². The Hall–Kier alpha value is -1.99. The van der Waals surface area contributed by atoms with Gasteiger partial charge in [0.05, 0.1) is 11.8 Å². The molecule has 1 saturated heterocycles. The largest absolute Gasteiger partial charge is 0.392 e. The number of carbonyl (C=O) groups is 1. The van der Waals surface area contributed by atoms with Crippen molar-refractivity contribution in [2.45, 2.75) is 20.0 Å². The number of β-amino-alcohol motifs (C(OH)–C–C–N with tert-alkyl or cyclic N) is 1. The normalized spacial score (nSPS) is 17.9. The third-order valence-electron chi connectivity index (χ3n) is 3.97. The number of aryl methyl sites for hydroxylation is 1. The average molecular weight is 303 g/mol. The maximum absolute atomic E-state index is 12.8. The van der Waals surface area contributed by atoms with Crippen molar-refractivity contribution in [3.05, 3.63) is 29.7 Å². The first-order valence-electron chi connectivity index (χ1n) is 7.56. The number of amides is 1. The number of piperazine rings is 1. The van der Waals surface area contributed by atoms with Gasteiger partial charge in [-0.1, -0.05) is 0 Å². The summed E-state index contributed by atoms with van der Waals surface area (Å²) in [5.74, 6) is -0.0112. The van der Waals surface area contributed by atoms with E-state index < -0.39 is 0 Å². The van der Waals surface area contributed by atoms with E-state index in [0.29, 0.717) is 36.5 Å². The monoisotopic (exact) mass is 303 g/mol. The first-order valence-corrected chi connectivity index (χ1v) is 7.56. The van der Waals surface area contributed by atoms with Crippen LogP contribution in [0.5, 0.6) is 0 Å². The molecule has 1 N–H and O–H groups in total. The summed E-state index contributed by atoms with van der Waals surface area (Å²) in [5, 5.41) is 13.8. The number of rotatable bonds is 3. The number of nitrogens with zero attached hydrogens (tertiary/aromatic N) is 5. The first kappa shape index (κ1) is 14.9. The summed E-state index contributed by atoms with van der Waals surface area (Å²) in [6, 6.07) is 1.79. The van der Waals surface area contributed by atoms with Gasteiger partial charge in [0.25, 0.3) is 5.91 Å². The van der Waals surface area contributed by atoms with Gasteiger partial charge < -0.3 is 10.0 Å². The minimum atomic E-state index is -0.340. The second kappa shape index (κ2) is 6.02. The Balaban J connectivity index is 1.76. The molecule has 0 saturated carbocycles. The van der Waals surface area contributed by atoms with Crippen LogP contribution in [0.4, 0.5) is 0 Å². The fraction of sp³-hybridized carbons (Fsp3) is 0.533. The number of aliphatic hydroxyl groups excluding tert-OH is 1. The van der Waals surface area contributed by atoms with Gasteiger partial charge in [0.2, 0.25) is 0 Å². The van der Waals surface area contributed by atoms with Crippen LogP contribution in [0, 0.1) is 6.92 Å². The standard InChI is InChI=1S/C15H21N5O2/c1-11(21)10-18-6-8-19(9-7-18)15(22)13-12(2)17-20-5-3-4-16-14(13)20/h3-5,11,21H,6-10H2,1-2H3. The van der Waals surface area contributed by atoms with Crippen molar-refractivity contribution in [3.8, 4) is 0 Å². The molecule has 3 heterocycles. The van der Waals surface area contributed by atoms with Crippen LogP contribution in [0.1, 0.15) is 23.0 Å². The van der Waals surface area contributed by atoms with Crippen molar-refractivity contribution in [2.75, 3.05) is 32.7 Å². The predicted molar refractivity (Wildman–Crippen MR) is 81.7 cm³/mol. The van der Waals surface area contributed by atoms with E-state index in [1.54, 1.807) is 29.9 Å². The van der Waals surface area contributed by atoms with E-state index in [1.807, 2.05) is 11.8 Å². The maximum atomic E-state index is 12.8. The van der Waals surface area contributed by atoms with Gasteiger partial charge in [0.15, 0.2) is 5.65 Å². The Labute approximate surface area is 129 Å². The summed E-state index contributed by atoms with van der Waals surface area (Å²) in [4.78, 5) is 21.1.